The van der Waals surface area contributed by atoms with Gasteiger partial charge in [0.2, 0.25) is 0 Å². The van der Waals surface area contributed by atoms with E-state index in [4.69, 9.17) is 10.00 Å². The van der Waals surface area contributed by atoms with Crippen molar-refractivity contribution in [2.75, 3.05) is 32.6 Å². The molecule has 6 nitrogen and oxygen atoms in total. The van der Waals surface area contributed by atoms with E-state index >= 15 is 0 Å². The summed E-state index contributed by atoms with van der Waals surface area (Å²) in [5.41, 5.74) is 1.23. The summed E-state index contributed by atoms with van der Waals surface area (Å²) in [5.74, 6) is -0.639. The van der Waals surface area contributed by atoms with Crippen molar-refractivity contribution in [2.24, 2.45) is 0 Å². The normalized spacial score (nSPS) is 15.2. The van der Waals surface area contributed by atoms with E-state index in [0.717, 1.165) is 25.9 Å². The molecule has 0 heterocycles. The molecule has 0 radical (unpaired) electrons. The molecule has 1 aromatic rings. The molecule has 1 aliphatic rings. The maximum absolute atomic E-state index is 13.1. The van der Waals surface area contributed by atoms with Crippen LogP contribution < -0.4 is 5.32 Å². The van der Waals surface area contributed by atoms with Crippen LogP contribution >= 0.6 is 0 Å². The van der Waals surface area contributed by atoms with Gasteiger partial charge in [-0.3, -0.25) is 4.79 Å². The van der Waals surface area contributed by atoms with E-state index in [9.17, 15) is 9.59 Å². The van der Waals surface area contributed by atoms with Gasteiger partial charge in [-0.05, 0) is 38.5 Å². The van der Waals surface area contributed by atoms with Crippen LogP contribution in [0.3, 0.4) is 0 Å². The Balaban J connectivity index is 2.42. The highest BCUT2D eigenvalue weighted by atomic mass is 16.5. The smallest absolute Gasteiger partial charge is 0.340 e. The first-order chi connectivity index (χ1) is 11.8. The summed E-state index contributed by atoms with van der Waals surface area (Å²) in [5, 5.41) is 12.1. The third-order valence-corrected chi connectivity index (χ3v) is 5.68. The van der Waals surface area contributed by atoms with Crippen LogP contribution in [-0.4, -0.2) is 49.1 Å². The van der Waals surface area contributed by atoms with Gasteiger partial charge in [-0.25, -0.2) is 4.79 Å². The molecule has 1 aliphatic carbocycles. The Hall–Kier alpha value is -2.39. The molecular formula is C19H26N3O3+. The number of aryl methyl sites for hydroxylation is 1. The first kappa shape index (κ1) is 18.9. The summed E-state index contributed by atoms with van der Waals surface area (Å²) in [6.45, 7) is 7.67. The second kappa shape index (κ2) is 6.85. The van der Waals surface area contributed by atoms with Crippen LogP contribution in [0.1, 0.15) is 48.2 Å². The number of hydrogen-bond acceptors (Lipinski definition) is 4. The largest absolute Gasteiger partial charge is 0.465 e. The van der Waals surface area contributed by atoms with Crippen LogP contribution in [0, 0.1) is 18.3 Å². The van der Waals surface area contributed by atoms with Gasteiger partial charge in [-0.15, -0.1) is 0 Å². The number of benzene rings is 1. The molecule has 0 aromatic heterocycles. The molecule has 0 atom stereocenters. The predicted molar refractivity (Wildman–Crippen MR) is 95.1 cm³/mol. The number of hydrogen-bond donors (Lipinski definition) is 1. The molecule has 1 N–H and O–H groups in total. The number of quaternary nitrogens is 1. The van der Waals surface area contributed by atoms with Crippen LogP contribution in [-0.2, 0) is 9.53 Å². The number of anilines is 1. The third-order valence-electron chi connectivity index (χ3n) is 5.68. The van der Waals surface area contributed by atoms with Gasteiger partial charge in [0.25, 0.3) is 5.91 Å². The Morgan fingerprint density at radius 1 is 1.32 bits per heavy atom. The van der Waals surface area contributed by atoms with Crippen LogP contribution in [0.5, 0.6) is 0 Å². The molecule has 6 heteroatoms. The lowest BCUT2D eigenvalue weighted by molar-refractivity contribution is -0.931. The van der Waals surface area contributed by atoms with Crippen molar-refractivity contribution in [1.82, 2.24) is 0 Å². The first-order valence-electron chi connectivity index (χ1n) is 8.57. The third kappa shape index (κ3) is 3.12. The Kier molecular flexibility index (Phi) is 5.19. The molecule has 0 aliphatic heterocycles. The number of esters is 1. The topological polar surface area (TPSA) is 79.2 Å². The van der Waals surface area contributed by atoms with E-state index in [2.05, 4.69) is 26.2 Å². The van der Waals surface area contributed by atoms with Gasteiger partial charge in [-0.2, -0.15) is 5.26 Å². The molecule has 1 fully saturated rings. The Bertz CT molecular complexity index is 741. The molecule has 1 amide bonds. The number of nitrogens with zero attached hydrogens (tertiary/aromatic N) is 2. The zero-order valence-corrected chi connectivity index (χ0v) is 15.6. The summed E-state index contributed by atoms with van der Waals surface area (Å²) in [4.78, 5) is 25.2. The molecule has 2 rings (SSSR count). The minimum atomic E-state index is -0.566. The minimum Gasteiger partial charge on any atom is -0.465 e. The van der Waals surface area contributed by atoms with Gasteiger partial charge in [0, 0.05) is 12.8 Å². The Morgan fingerprint density at radius 2 is 1.92 bits per heavy atom. The van der Waals surface area contributed by atoms with Gasteiger partial charge >= 0.3 is 5.97 Å². The number of carbonyl (C=O) groups is 2. The molecular weight excluding hydrogens is 318 g/mol. The van der Waals surface area contributed by atoms with E-state index in [-0.39, 0.29) is 11.5 Å². The van der Waals surface area contributed by atoms with Crippen LogP contribution in [0.15, 0.2) is 12.1 Å². The second-order valence-corrected chi connectivity index (χ2v) is 6.83. The predicted octanol–water partition coefficient (Wildman–Crippen LogP) is 2.61. The van der Waals surface area contributed by atoms with Crippen molar-refractivity contribution in [3.63, 3.8) is 0 Å². The van der Waals surface area contributed by atoms with Crippen LogP contribution in [0.25, 0.3) is 0 Å². The van der Waals surface area contributed by atoms with E-state index in [0.29, 0.717) is 21.3 Å². The summed E-state index contributed by atoms with van der Waals surface area (Å²) in [7, 11) is 3.38. The monoisotopic (exact) mass is 344 g/mol. The fourth-order valence-corrected chi connectivity index (χ4v) is 3.48. The van der Waals surface area contributed by atoms with Gasteiger partial charge in [0.1, 0.15) is 0 Å². The first-order valence-corrected chi connectivity index (χ1v) is 8.57. The van der Waals surface area contributed by atoms with Crippen molar-refractivity contribution in [3.05, 3.63) is 28.8 Å². The molecule has 0 bridgehead atoms. The van der Waals surface area contributed by atoms with Crippen LogP contribution in [0.4, 0.5) is 5.69 Å². The van der Waals surface area contributed by atoms with Crippen molar-refractivity contribution < 1.29 is 18.8 Å². The van der Waals surface area contributed by atoms with Crippen molar-refractivity contribution in [3.8, 4) is 6.07 Å². The summed E-state index contributed by atoms with van der Waals surface area (Å²) >= 11 is 0. The maximum Gasteiger partial charge on any atom is 0.340 e. The van der Waals surface area contributed by atoms with E-state index in [1.54, 1.807) is 13.0 Å². The van der Waals surface area contributed by atoms with Crippen molar-refractivity contribution in [1.29, 1.82) is 5.26 Å². The average Bonchev–Trinajstić information content (AvgIpc) is 3.43. The van der Waals surface area contributed by atoms with E-state index in [1.807, 2.05) is 6.07 Å². The van der Waals surface area contributed by atoms with Gasteiger partial charge < -0.3 is 14.5 Å². The lowest BCUT2D eigenvalue weighted by Gasteiger charge is -2.40. The maximum atomic E-state index is 13.1. The summed E-state index contributed by atoms with van der Waals surface area (Å²) < 4.78 is 5.49. The van der Waals surface area contributed by atoms with Crippen molar-refractivity contribution >= 4 is 17.6 Å². The Labute approximate surface area is 149 Å². The molecule has 1 aromatic carbocycles. The highest BCUT2D eigenvalue weighted by Crippen LogP contribution is 2.47. The zero-order chi connectivity index (χ0) is 18.8. The van der Waals surface area contributed by atoms with Gasteiger partial charge in [0.05, 0.1) is 50.1 Å². The average molecular weight is 344 g/mol. The molecule has 1 saturated carbocycles. The molecule has 0 saturated heterocycles. The second-order valence-electron chi connectivity index (χ2n) is 6.83. The fraction of sp³-hybridized carbons (Fsp3) is 0.526. The molecule has 0 spiro atoms. The van der Waals surface area contributed by atoms with Crippen LogP contribution in [0.2, 0.25) is 0 Å². The van der Waals surface area contributed by atoms with E-state index < -0.39 is 11.5 Å². The number of ether oxygens (including phenoxy) is 1. The number of likely N-dealkylation sites (N-methyl/N-ethyl adjacent to an activating group) is 1. The minimum absolute atomic E-state index is 0.0725. The lowest BCUT2D eigenvalue weighted by Crippen LogP contribution is -2.59. The van der Waals surface area contributed by atoms with Gasteiger partial charge in [0.15, 0.2) is 5.54 Å². The summed E-state index contributed by atoms with van der Waals surface area (Å²) in [6.07, 6.45) is 1.67. The highest BCUT2D eigenvalue weighted by Gasteiger charge is 2.63. The van der Waals surface area contributed by atoms with E-state index in [1.165, 1.54) is 13.2 Å². The summed E-state index contributed by atoms with van der Waals surface area (Å²) in [6, 6.07) is 5.15. The molecule has 25 heavy (non-hydrogen) atoms. The lowest BCUT2D eigenvalue weighted by atomic mass is 10.0. The molecule has 134 valence electrons. The SMILES string of the molecule is CC[N+](C)(CC)C1(C(=O)Nc2c(C)cc(C#N)cc2C(=O)OC)CC1. The number of nitrogens with one attached hydrogen (secondary N) is 1. The van der Waals surface area contributed by atoms with Gasteiger partial charge in [-0.1, -0.05) is 0 Å². The van der Waals surface area contributed by atoms with Crippen molar-refractivity contribution in [2.45, 2.75) is 39.2 Å². The number of carbonyl (C=O) groups excluding carboxylic acids is 2. The molecule has 0 unspecified atom stereocenters. The number of nitriles is 1. The number of methoxy groups -OCH3 is 1. The zero-order valence-electron chi connectivity index (χ0n) is 15.6. The highest BCUT2D eigenvalue weighted by molar-refractivity contribution is 6.05. The number of amides is 1. The quantitative estimate of drug-likeness (QED) is 0.635. The Morgan fingerprint density at radius 3 is 2.36 bits per heavy atom. The number of rotatable bonds is 6. The fourth-order valence-electron chi connectivity index (χ4n) is 3.48. The standard InChI is InChI=1S/C19H25N3O3/c1-6-22(4,7-2)19(8-9-19)18(24)21-16-13(3)10-14(12-20)11-15(16)17(23)25-5/h10-11H,6-9H2,1-5H3/p+1.